The first-order valence-electron chi connectivity index (χ1n) is 14.7. The molecule has 7 heteroatoms. The minimum atomic E-state index is 0.801. The van der Waals surface area contributed by atoms with Gasteiger partial charge in [-0.05, 0) is 61.6 Å². The summed E-state index contributed by atoms with van der Waals surface area (Å²) in [5.41, 5.74) is 7.01. The summed E-state index contributed by atoms with van der Waals surface area (Å²) in [6, 6.07) is 34.4. The number of methoxy groups -OCH3 is 2. The third-order valence-electron chi connectivity index (χ3n) is 7.88. The molecule has 0 fully saturated rings. The highest BCUT2D eigenvalue weighted by molar-refractivity contribution is 8.04. The van der Waals surface area contributed by atoms with E-state index in [1.807, 2.05) is 30.0 Å². The molecule has 4 aromatic carbocycles. The minimum absolute atomic E-state index is 0.801. The Kier molecular flexibility index (Phi) is 9.17. The van der Waals surface area contributed by atoms with Crippen LogP contribution in [0, 0.1) is 0 Å². The van der Waals surface area contributed by atoms with Crippen molar-refractivity contribution in [3.8, 4) is 22.6 Å². The summed E-state index contributed by atoms with van der Waals surface area (Å²) in [6.07, 6.45) is 2.35. The van der Waals surface area contributed by atoms with Crippen molar-refractivity contribution in [3.63, 3.8) is 0 Å². The molecule has 0 amide bonds. The molecular formula is C37H38N3O2S2+. The molecule has 5 aromatic rings. The highest BCUT2D eigenvalue weighted by Gasteiger charge is 2.26. The average Bonchev–Trinajstić information content (AvgIpc) is 3.36. The third-order valence-corrected chi connectivity index (χ3v) is 10.1. The molecule has 5 nitrogen and oxygen atoms in total. The van der Waals surface area contributed by atoms with E-state index in [2.05, 4.69) is 120 Å². The standard InChI is InChI=1S/C37H38N3O2S2/c1-38(2)20-21-43-36-24-28(29-14-9-10-15-30(29)40(36)25-26-12-7-6-8-13-26)23-35-39(3)31-19-18-27(22-34(31)44-35)37-32(41-4)16-11-17-33(37)42-5/h6-19,22-24H,20-21,25H2,1-5H3/q+1. The first-order chi connectivity index (χ1) is 21.5. The van der Waals surface area contributed by atoms with Crippen molar-refractivity contribution in [1.82, 2.24) is 4.90 Å². The monoisotopic (exact) mass is 620 g/mol. The van der Waals surface area contributed by atoms with Gasteiger partial charge in [0.2, 0.25) is 10.5 Å². The lowest BCUT2D eigenvalue weighted by Gasteiger charge is -2.16. The maximum absolute atomic E-state index is 5.71. The lowest BCUT2D eigenvalue weighted by molar-refractivity contribution is -0.699. The van der Waals surface area contributed by atoms with Gasteiger partial charge in [0.25, 0.3) is 0 Å². The molecule has 1 aliphatic heterocycles. The van der Waals surface area contributed by atoms with Crippen molar-refractivity contribution in [3.05, 3.63) is 113 Å². The number of aromatic nitrogens is 1. The fourth-order valence-corrected chi connectivity index (χ4v) is 7.92. The number of hydrogen-bond donors (Lipinski definition) is 0. The van der Waals surface area contributed by atoms with Gasteiger partial charge < -0.3 is 19.3 Å². The molecule has 0 spiro atoms. The van der Waals surface area contributed by atoms with E-state index in [0.29, 0.717) is 0 Å². The van der Waals surface area contributed by atoms with E-state index in [4.69, 9.17) is 9.47 Å². The molecule has 224 valence electrons. The highest BCUT2D eigenvalue weighted by atomic mass is 32.2. The summed E-state index contributed by atoms with van der Waals surface area (Å²) in [5.74, 6) is 2.62. The fraction of sp³-hybridized carbons (Fsp3) is 0.216. The third kappa shape index (κ3) is 6.18. The molecule has 2 heterocycles. The van der Waals surface area contributed by atoms with Crippen LogP contribution in [-0.2, 0) is 6.54 Å². The second-order valence-electron chi connectivity index (χ2n) is 11.0. The number of ether oxygens (including phenoxy) is 2. The number of pyridine rings is 1. The van der Waals surface area contributed by atoms with Gasteiger partial charge >= 0.3 is 0 Å². The summed E-state index contributed by atoms with van der Waals surface area (Å²) < 4.78 is 13.9. The van der Waals surface area contributed by atoms with E-state index in [1.54, 1.807) is 26.0 Å². The number of thioether (sulfide) groups is 2. The van der Waals surface area contributed by atoms with Gasteiger partial charge in [0.1, 0.15) is 11.5 Å². The van der Waals surface area contributed by atoms with Crippen LogP contribution >= 0.6 is 23.5 Å². The van der Waals surface area contributed by atoms with Crippen molar-refractivity contribution in [2.75, 3.05) is 52.6 Å². The number of hydrogen-bond acceptors (Lipinski definition) is 6. The van der Waals surface area contributed by atoms with Gasteiger partial charge in [0.15, 0.2) is 6.54 Å². The number of rotatable bonds is 10. The Labute approximate surface area is 269 Å². The molecule has 1 aromatic heterocycles. The van der Waals surface area contributed by atoms with E-state index in [0.717, 1.165) is 41.5 Å². The molecule has 1 aliphatic rings. The van der Waals surface area contributed by atoms with Crippen LogP contribution in [0.3, 0.4) is 0 Å². The zero-order valence-corrected chi connectivity index (χ0v) is 27.5. The lowest BCUT2D eigenvalue weighted by atomic mass is 10.0. The molecule has 0 radical (unpaired) electrons. The van der Waals surface area contributed by atoms with Crippen molar-refractivity contribution in [1.29, 1.82) is 0 Å². The highest BCUT2D eigenvalue weighted by Crippen LogP contribution is 2.49. The quantitative estimate of drug-likeness (QED) is 0.116. The van der Waals surface area contributed by atoms with Crippen molar-refractivity contribution in [2.45, 2.75) is 16.5 Å². The molecule has 6 rings (SSSR count). The summed E-state index contributed by atoms with van der Waals surface area (Å²) in [6.45, 7) is 1.85. The van der Waals surface area contributed by atoms with Gasteiger partial charge in [-0.25, -0.2) is 0 Å². The van der Waals surface area contributed by atoms with Gasteiger partial charge in [0.05, 0.1) is 35.9 Å². The maximum atomic E-state index is 5.71. The number of para-hydroxylation sites is 1. The first-order valence-corrected chi connectivity index (χ1v) is 16.5. The van der Waals surface area contributed by atoms with Crippen LogP contribution in [0.25, 0.3) is 28.1 Å². The van der Waals surface area contributed by atoms with Crippen LogP contribution in [0.5, 0.6) is 11.5 Å². The maximum Gasteiger partial charge on any atom is 0.241 e. The Morgan fingerprint density at radius 3 is 2.32 bits per heavy atom. The van der Waals surface area contributed by atoms with Gasteiger partial charge in [-0.2, -0.15) is 4.57 Å². The first kappa shape index (κ1) is 30.1. The normalized spacial score (nSPS) is 13.6. The van der Waals surface area contributed by atoms with E-state index < -0.39 is 0 Å². The van der Waals surface area contributed by atoms with E-state index in [9.17, 15) is 0 Å². The molecule has 0 saturated carbocycles. The topological polar surface area (TPSA) is 28.8 Å². The van der Waals surface area contributed by atoms with Gasteiger partial charge in [-0.15, -0.1) is 0 Å². The molecule has 0 unspecified atom stereocenters. The Hall–Kier alpha value is -3.91. The second-order valence-corrected chi connectivity index (χ2v) is 13.2. The van der Waals surface area contributed by atoms with Gasteiger partial charge in [-0.3, -0.25) is 0 Å². The molecular weight excluding hydrogens is 583 g/mol. The predicted molar refractivity (Wildman–Crippen MR) is 186 cm³/mol. The molecule has 0 atom stereocenters. The SMILES string of the molecule is COc1cccc(OC)c1-c1ccc2c(c1)SC(=Cc1cc(SCCN(C)C)[n+](Cc3ccccc3)c3ccccc13)N2C. The Bertz CT molecular complexity index is 1800. The summed E-state index contributed by atoms with van der Waals surface area (Å²) in [5, 5.41) is 3.71. The van der Waals surface area contributed by atoms with Crippen LogP contribution in [0.4, 0.5) is 5.69 Å². The second kappa shape index (κ2) is 13.4. The zero-order chi connectivity index (χ0) is 30.6. The van der Waals surface area contributed by atoms with E-state index in [1.165, 1.54) is 42.7 Å². The van der Waals surface area contributed by atoms with Gasteiger partial charge in [0, 0.05) is 41.9 Å². The van der Waals surface area contributed by atoms with Crippen LogP contribution in [0.1, 0.15) is 11.1 Å². The Morgan fingerprint density at radius 1 is 0.864 bits per heavy atom. The predicted octanol–water partition coefficient (Wildman–Crippen LogP) is 8.05. The Morgan fingerprint density at radius 2 is 1.59 bits per heavy atom. The van der Waals surface area contributed by atoms with Crippen molar-refractivity contribution in [2.24, 2.45) is 0 Å². The molecule has 44 heavy (non-hydrogen) atoms. The fourth-order valence-electron chi connectivity index (χ4n) is 5.58. The van der Waals surface area contributed by atoms with Gasteiger partial charge in [-0.1, -0.05) is 78.1 Å². The Balaban J connectivity index is 1.41. The van der Waals surface area contributed by atoms with Crippen LogP contribution in [0.15, 0.2) is 112 Å². The number of nitrogens with zero attached hydrogens (tertiary/aromatic N) is 3. The summed E-state index contributed by atoms with van der Waals surface area (Å²) >= 11 is 3.73. The molecule has 0 N–H and O–H groups in total. The van der Waals surface area contributed by atoms with E-state index in [-0.39, 0.29) is 0 Å². The summed E-state index contributed by atoms with van der Waals surface area (Å²) in [7, 11) is 9.83. The average molecular weight is 621 g/mol. The summed E-state index contributed by atoms with van der Waals surface area (Å²) in [4.78, 5) is 5.75. The van der Waals surface area contributed by atoms with Crippen molar-refractivity contribution < 1.29 is 14.0 Å². The minimum Gasteiger partial charge on any atom is -0.496 e. The number of benzene rings is 4. The van der Waals surface area contributed by atoms with Crippen molar-refractivity contribution >= 4 is 46.2 Å². The van der Waals surface area contributed by atoms with E-state index >= 15 is 0 Å². The lowest BCUT2D eigenvalue weighted by Crippen LogP contribution is -2.38. The van der Waals surface area contributed by atoms with Crippen LogP contribution in [0.2, 0.25) is 0 Å². The zero-order valence-electron chi connectivity index (χ0n) is 25.9. The molecule has 0 bridgehead atoms. The largest absolute Gasteiger partial charge is 0.496 e. The molecule has 0 aliphatic carbocycles. The van der Waals surface area contributed by atoms with Crippen LogP contribution in [-0.4, -0.2) is 52.6 Å². The molecule has 0 saturated heterocycles. The number of fused-ring (bicyclic) bond motifs is 2. The smallest absolute Gasteiger partial charge is 0.241 e. The van der Waals surface area contributed by atoms with Crippen LogP contribution < -0.4 is 18.9 Å². The number of anilines is 1.